The van der Waals surface area contributed by atoms with Crippen molar-refractivity contribution in [2.45, 2.75) is 46.0 Å². The first-order valence-corrected chi connectivity index (χ1v) is 10.6. The van der Waals surface area contributed by atoms with Gasteiger partial charge in [0.05, 0.1) is 24.3 Å². The largest absolute Gasteiger partial charge is 0.497 e. The molecule has 7 nitrogen and oxygen atoms in total. The summed E-state index contributed by atoms with van der Waals surface area (Å²) in [5, 5.41) is 10.1. The summed E-state index contributed by atoms with van der Waals surface area (Å²) in [5.74, 6) is 1.15. The predicted molar refractivity (Wildman–Crippen MR) is 122 cm³/mol. The van der Waals surface area contributed by atoms with Gasteiger partial charge in [-0.15, -0.1) is 0 Å². The monoisotopic (exact) mass is 439 g/mol. The van der Waals surface area contributed by atoms with Crippen LogP contribution >= 0.6 is 0 Å². The molecule has 0 spiro atoms. The highest BCUT2D eigenvalue weighted by molar-refractivity contribution is 5.87. The van der Waals surface area contributed by atoms with Crippen LogP contribution in [0.4, 0.5) is 0 Å². The van der Waals surface area contributed by atoms with Gasteiger partial charge in [-0.1, -0.05) is 12.1 Å². The maximum Gasteiger partial charge on any atom is 0.333 e. The van der Waals surface area contributed by atoms with Gasteiger partial charge < -0.3 is 24.1 Å². The number of carbonyl (C=O) groups is 1. The maximum atomic E-state index is 11.3. The topological polar surface area (TPSA) is 87.1 Å². The molecule has 0 bridgehead atoms. The molecule has 0 saturated carbocycles. The first-order chi connectivity index (χ1) is 15.4. The van der Waals surface area contributed by atoms with E-state index in [1.165, 1.54) is 0 Å². The summed E-state index contributed by atoms with van der Waals surface area (Å²) >= 11 is 0. The summed E-state index contributed by atoms with van der Waals surface area (Å²) in [6.45, 7) is 6.36. The third kappa shape index (κ3) is 5.88. The standard InChI is InChI=1S/C25H29NO6/c1-5-30-23(25(27)28)12-17-6-8-19(9-7-17)31-15-18-14-26-22-11-10-20(29-4)13-21(22)24(18)32-16(2)3/h6-11,13-14,16,23H,5,12,15H2,1-4H3,(H,27,28). The molecule has 170 valence electrons. The Kier molecular flexibility index (Phi) is 7.89. The first kappa shape index (κ1) is 23.3. The van der Waals surface area contributed by atoms with Gasteiger partial charge >= 0.3 is 5.97 Å². The van der Waals surface area contributed by atoms with Gasteiger partial charge in [0.25, 0.3) is 0 Å². The molecule has 0 aliphatic heterocycles. The van der Waals surface area contributed by atoms with Gasteiger partial charge in [-0.3, -0.25) is 4.98 Å². The molecule has 3 aromatic rings. The Hall–Kier alpha value is -3.32. The number of nitrogens with zero attached hydrogens (tertiary/aromatic N) is 1. The lowest BCUT2D eigenvalue weighted by Gasteiger charge is -2.17. The minimum atomic E-state index is -0.967. The number of carboxylic acid groups (broad SMARTS) is 1. The van der Waals surface area contributed by atoms with E-state index in [1.54, 1.807) is 20.2 Å². The summed E-state index contributed by atoms with van der Waals surface area (Å²) in [4.78, 5) is 15.8. The molecule has 0 radical (unpaired) electrons. The van der Waals surface area contributed by atoms with Crippen molar-refractivity contribution in [3.63, 3.8) is 0 Å². The zero-order valence-electron chi connectivity index (χ0n) is 18.8. The van der Waals surface area contributed by atoms with E-state index < -0.39 is 12.1 Å². The molecule has 1 heterocycles. The van der Waals surface area contributed by atoms with Gasteiger partial charge in [-0.2, -0.15) is 0 Å². The van der Waals surface area contributed by atoms with E-state index >= 15 is 0 Å². The Labute approximate surface area is 187 Å². The van der Waals surface area contributed by atoms with Gasteiger partial charge in [0.15, 0.2) is 6.10 Å². The van der Waals surface area contributed by atoms with Gasteiger partial charge in [-0.25, -0.2) is 4.79 Å². The molecule has 32 heavy (non-hydrogen) atoms. The van der Waals surface area contributed by atoms with Crippen molar-refractivity contribution in [3.8, 4) is 17.2 Å². The highest BCUT2D eigenvalue weighted by Gasteiger charge is 2.18. The van der Waals surface area contributed by atoms with Crippen molar-refractivity contribution in [2.24, 2.45) is 0 Å². The third-order valence-corrected chi connectivity index (χ3v) is 4.84. The number of methoxy groups -OCH3 is 1. The van der Waals surface area contributed by atoms with Crippen LogP contribution in [0.3, 0.4) is 0 Å². The van der Waals surface area contributed by atoms with Crippen LogP contribution in [-0.4, -0.2) is 42.0 Å². The summed E-state index contributed by atoms with van der Waals surface area (Å²) in [6.07, 6.45) is 1.19. The van der Waals surface area contributed by atoms with E-state index in [9.17, 15) is 9.90 Å². The predicted octanol–water partition coefficient (Wildman–Crippen LogP) is 4.64. The Morgan fingerprint density at radius 1 is 1.09 bits per heavy atom. The normalized spacial score (nSPS) is 12.0. The number of pyridine rings is 1. The van der Waals surface area contributed by atoms with Crippen LogP contribution in [0.5, 0.6) is 17.2 Å². The van der Waals surface area contributed by atoms with Gasteiger partial charge in [0, 0.05) is 24.6 Å². The Bertz CT molecular complexity index is 1050. The van der Waals surface area contributed by atoms with Crippen molar-refractivity contribution in [3.05, 3.63) is 59.8 Å². The number of fused-ring (bicyclic) bond motifs is 1. The fourth-order valence-corrected chi connectivity index (χ4v) is 3.31. The van der Waals surface area contributed by atoms with Gasteiger partial charge in [-0.05, 0) is 56.7 Å². The van der Waals surface area contributed by atoms with Crippen LogP contribution in [0.15, 0.2) is 48.7 Å². The Morgan fingerprint density at radius 3 is 2.44 bits per heavy atom. The fraction of sp³-hybridized carbons (Fsp3) is 0.360. The van der Waals surface area contributed by atoms with Crippen LogP contribution in [0.1, 0.15) is 31.9 Å². The number of aromatic nitrogens is 1. The number of hydrogen-bond acceptors (Lipinski definition) is 6. The first-order valence-electron chi connectivity index (χ1n) is 10.6. The molecule has 1 aromatic heterocycles. The second kappa shape index (κ2) is 10.8. The molecule has 0 saturated heterocycles. The van der Waals surface area contributed by atoms with Crippen molar-refractivity contribution < 1.29 is 28.8 Å². The third-order valence-electron chi connectivity index (χ3n) is 4.84. The Balaban J connectivity index is 1.77. The minimum Gasteiger partial charge on any atom is -0.497 e. The molecule has 1 N–H and O–H groups in total. The molecular weight excluding hydrogens is 410 g/mol. The molecule has 0 fully saturated rings. The van der Waals surface area contributed by atoms with Crippen LogP contribution in [0.25, 0.3) is 10.9 Å². The van der Waals surface area contributed by atoms with Crippen LogP contribution in [0, 0.1) is 0 Å². The van der Waals surface area contributed by atoms with Crippen molar-refractivity contribution in [1.82, 2.24) is 4.98 Å². The molecule has 0 aliphatic carbocycles. The summed E-state index contributed by atoms with van der Waals surface area (Å²) in [7, 11) is 1.63. The molecule has 7 heteroatoms. The van der Waals surface area contributed by atoms with E-state index in [1.807, 2.05) is 56.3 Å². The molecule has 1 unspecified atom stereocenters. The average molecular weight is 440 g/mol. The summed E-state index contributed by atoms with van der Waals surface area (Å²) < 4.78 is 22.7. The molecular formula is C25H29NO6. The maximum absolute atomic E-state index is 11.3. The number of aliphatic carboxylic acids is 1. The number of benzene rings is 2. The smallest absolute Gasteiger partial charge is 0.333 e. The lowest BCUT2D eigenvalue weighted by Crippen LogP contribution is -2.26. The zero-order valence-corrected chi connectivity index (χ0v) is 18.8. The van der Waals surface area contributed by atoms with E-state index in [0.717, 1.165) is 33.5 Å². The lowest BCUT2D eigenvalue weighted by atomic mass is 10.1. The summed E-state index contributed by atoms with van der Waals surface area (Å²) in [5.41, 5.74) is 2.50. The minimum absolute atomic E-state index is 0.0163. The lowest BCUT2D eigenvalue weighted by molar-refractivity contribution is -0.149. The Morgan fingerprint density at radius 2 is 1.81 bits per heavy atom. The summed E-state index contributed by atoms with van der Waals surface area (Å²) in [6, 6.07) is 13.0. The molecule has 0 amide bonds. The van der Waals surface area contributed by atoms with Crippen molar-refractivity contribution in [1.29, 1.82) is 0 Å². The zero-order chi connectivity index (χ0) is 23.1. The van der Waals surface area contributed by atoms with Gasteiger partial charge in [0.2, 0.25) is 0 Å². The van der Waals surface area contributed by atoms with Crippen LogP contribution < -0.4 is 14.2 Å². The van der Waals surface area contributed by atoms with Crippen LogP contribution in [-0.2, 0) is 22.6 Å². The number of carboxylic acids is 1. The van der Waals surface area contributed by atoms with E-state index in [-0.39, 0.29) is 12.7 Å². The highest BCUT2D eigenvalue weighted by atomic mass is 16.5. The van der Waals surface area contributed by atoms with Crippen molar-refractivity contribution >= 4 is 16.9 Å². The number of rotatable bonds is 11. The fourth-order valence-electron chi connectivity index (χ4n) is 3.31. The highest BCUT2D eigenvalue weighted by Crippen LogP contribution is 2.33. The van der Waals surface area contributed by atoms with E-state index in [4.69, 9.17) is 18.9 Å². The average Bonchev–Trinajstić information content (AvgIpc) is 2.78. The second-order valence-corrected chi connectivity index (χ2v) is 7.58. The van der Waals surface area contributed by atoms with Gasteiger partial charge in [0.1, 0.15) is 23.9 Å². The number of hydrogen-bond donors (Lipinski definition) is 1. The van der Waals surface area contributed by atoms with Crippen LogP contribution in [0.2, 0.25) is 0 Å². The molecule has 2 aromatic carbocycles. The molecule has 3 rings (SSSR count). The SMILES string of the molecule is CCOC(Cc1ccc(OCc2cnc3ccc(OC)cc3c2OC(C)C)cc1)C(=O)O. The quantitative estimate of drug-likeness (QED) is 0.466. The second-order valence-electron chi connectivity index (χ2n) is 7.58. The van der Waals surface area contributed by atoms with Crippen molar-refractivity contribution in [2.75, 3.05) is 13.7 Å². The molecule has 1 atom stereocenters. The molecule has 0 aliphatic rings. The van der Waals surface area contributed by atoms with E-state index in [0.29, 0.717) is 18.8 Å². The number of ether oxygens (including phenoxy) is 4. The van der Waals surface area contributed by atoms with E-state index in [2.05, 4.69) is 4.98 Å².